The third-order valence-electron chi connectivity index (χ3n) is 1.49. The Morgan fingerprint density at radius 3 is 2.08 bits per heavy atom. The Labute approximate surface area is 71.5 Å². The van der Waals surface area contributed by atoms with E-state index in [0.717, 1.165) is 0 Å². The summed E-state index contributed by atoms with van der Waals surface area (Å²) in [4.78, 5) is 29.7. The maximum Gasteiger partial charge on any atom is 0.254 e. The SMILES string of the molecule is O=NN1CC([N+](=O)[O-])CN(N=O)N1. The molecule has 0 atom stereocenters. The maximum atomic E-state index is 10.3. The van der Waals surface area contributed by atoms with Gasteiger partial charge in [0, 0.05) is 4.92 Å². The molecule has 1 saturated heterocycles. The summed E-state index contributed by atoms with van der Waals surface area (Å²) in [5.41, 5.74) is 2.14. The van der Waals surface area contributed by atoms with Gasteiger partial charge in [-0.25, -0.2) is 0 Å². The van der Waals surface area contributed by atoms with Gasteiger partial charge in [0.05, 0.1) is 10.6 Å². The molecular formula is C3H6N6O4. The topological polar surface area (TPSA) is 121 Å². The minimum absolute atomic E-state index is 0.192. The molecule has 0 spiro atoms. The van der Waals surface area contributed by atoms with Crippen molar-refractivity contribution in [1.29, 1.82) is 0 Å². The average molecular weight is 190 g/mol. The molecule has 0 aliphatic carbocycles. The fourth-order valence-electron chi connectivity index (χ4n) is 0.908. The zero-order chi connectivity index (χ0) is 9.84. The molecule has 0 saturated carbocycles. The van der Waals surface area contributed by atoms with Crippen LogP contribution in [0.4, 0.5) is 0 Å². The smallest absolute Gasteiger partial charge is 0.254 e. The first-order chi connectivity index (χ1) is 6.17. The van der Waals surface area contributed by atoms with Crippen molar-refractivity contribution in [2.45, 2.75) is 6.04 Å². The first-order valence-corrected chi connectivity index (χ1v) is 3.28. The van der Waals surface area contributed by atoms with Crippen LogP contribution in [-0.4, -0.2) is 34.3 Å². The average Bonchev–Trinajstić information content (AvgIpc) is 2.16. The monoisotopic (exact) mass is 190 g/mol. The van der Waals surface area contributed by atoms with Crippen LogP contribution in [0.1, 0.15) is 0 Å². The lowest BCUT2D eigenvalue weighted by Gasteiger charge is -2.29. The van der Waals surface area contributed by atoms with Gasteiger partial charge in [0.15, 0.2) is 0 Å². The van der Waals surface area contributed by atoms with Crippen LogP contribution in [0.5, 0.6) is 0 Å². The third kappa shape index (κ3) is 2.05. The van der Waals surface area contributed by atoms with Gasteiger partial charge in [0.25, 0.3) is 6.04 Å². The van der Waals surface area contributed by atoms with Gasteiger partial charge in [-0.1, -0.05) is 0 Å². The Kier molecular flexibility index (Phi) is 2.64. The van der Waals surface area contributed by atoms with Gasteiger partial charge in [0.2, 0.25) is 0 Å². The lowest BCUT2D eigenvalue weighted by molar-refractivity contribution is -0.530. The van der Waals surface area contributed by atoms with Crippen molar-refractivity contribution in [1.82, 2.24) is 15.8 Å². The fourth-order valence-corrected chi connectivity index (χ4v) is 0.908. The molecule has 72 valence electrons. The lowest BCUT2D eigenvalue weighted by Crippen LogP contribution is -2.58. The number of hydrogen-bond acceptors (Lipinski definition) is 7. The van der Waals surface area contributed by atoms with Crippen LogP contribution >= 0.6 is 0 Å². The predicted molar refractivity (Wildman–Crippen MR) is 38.9 cm³/mol. The van der Waals surface area contributed by atoms with Crippen LogP contribution in [0.15, 0.2) is 10.6 Å². The van der Waals surface area contributed by atoms with Gasteiger partial charge < -0.3 is 0 Å². The van der Waals surface area contributed by atoms with E-state index in [9.17, 15) is 19.9 Å². The molecular weight excluding hydrogens is 184 g/mol. The summed E-state index contributed by atoms with van der Waals surface area (Å²) in [5.74, 6) is 0. The molecule has 1 heterocycles. The van der Waals surface area contributed by atoms with Crippen LogP contribution in [0.25, 0.3) is 0 Å². The molecule has 0 aromatic heterocycles. The number of nitrogens with one attached hydrogen (secondary N) is 1. The number of hydrogen-bond donors (Lipinski definition) is 1. The van der Waals surface area contributed by atoms with Gasteiger partial charge in [-0.2, -0.15) is 10.2 Å². The number of nitro groups is 1. The van der Waals surface area contributed by atoms with E-state index in [1.807, 2.05) is 0 Å². The maximum absolute atomic E-state index is 10.3. The molecule has 13 heavy (non-hydrogen) atoms. The standard InChI is InChI=1S/C3H6N6O4/c10-5-7-1-3(9(12)13)2-8(4-7)6-11/h3-4H,1-2H2. The van der Waals surface area contributed by atoms with Gasteiger partial charge in [0.1, 0.15) is 13.1 Å². The Bertz CT molecular complexity index is 216. The van der Waals surface area contributed by atoms with E-state index in [4.69, 9.17) is 0 Å². The predicted octanol–water partition coefficient (Wildman–Crippen LogP) is -0.968. The number of nitrogens with zero attached hydrogens (tertiary/aromatic N) is 5. The zero-order valence-corrected chi connectivity index (χ0v) is 6.36. The highest BCUT2D eigenvalue weighted by molar-refractivity contribution is 4.67. The molecule has 0 amide bonds. The molecule has 0 aromatic carbocycles. The molecule has 0 bridgehead atoms. The quantitative estimate of drug-likeness (QED) is 0.345. The van der Waals surface area contributed by atoms with Crippen molar-refractivity contribution < 1.29 is 4.92 Å². The Hall–Kier alpha value is -1.84. The summed E-state index contributed by atoms with van der Waals surface area (Å²) in [6.07, 6.45) is 0. The molecule has 0 radical (unpaired) electrons. The lowest BCUT2D eigenvalue weighted by atomic mass is 10.3. The van der Waals surface area contributed by atoms with Crippen LogP contribution in [0.3, 0.4) is 0 Å². The minimum atomic E-state index is -1.06. The third-order valence-corrected chi connectivity index (χ3v) is 1.49. The second-order valence-electron chi connectivity index (χ2n) is 2.37. The molecule has 1 N–H and O–H groups in total. The summed E-state index contributed by atoms with van der Waals surface area (Å²) in [6, 6.07) is -1.06. The van der Waals surface area contributed by atoms with E-state index in [1.165, 1.54) is 0 Å². The Balaban J connectivity index is 2.63. The molecule has 1 fully saturated rings. The highest BCUT2D eigenvalue weighted by Crippen LogP contribution is 2.04. The first-order valence-electron chi connectivity index (χ1n) is 3.28. The number of rotatable bonds is 3. The van der Waals surface area contributed by atoms with Crippen molar-refractivity contribution in [3.63, 3.8) is 0 Å². The van der Waals surface area contributed by atoms with Crippen molar-refractivity contribution in [3.05, 3.63) is 19.9 Å². The van der Waals surface area contributed by atoms with Crippen LogP contribution in [-0.2, 0) is 0 Å². The zero-order valence-electron chi connectivity index (χ0n) is 6.36. The highest BCUT2D eigenvalue weighted by atomic mass is 16.6. The van der Waals surface area contributed by atoms with Crippen LogP contribution in [0.2, 0.25) is 0 Å². The minimum Gasteiger partial charge on any atom is -0.264 e. The van der Waals surface area contributed by atoms with Crippen molar-refractivity contribution >= 4 is 0 Å². The molecule has 0 aromatic rings. The summed E-state index contributed by atoms with van der Waals surface area (Å²) in [5, 5.41) is 16.4. The van der Waals surface area contributed by atoms with Gasteiger partial charge >= 0.3 is 0 Å². The fraction of sp³-hybridized carbons (Fsp3) is 1.00. The Morgan fingerprint density at radius 1 is 1.31 bits per heavy atom. The van der Waals surface area contributed by atoms with Gasteiger partial charge in [-0.3, -0.25) is 10.1 Å². The van der Waals surface area contributed by atoms with Crippen LogP contribution in [0, 0.1) is 19.9 Å². The normalized spacial score (nSPS) is 18.5. The summed E-state index contributed by atoms with van der Waals surface area (Å²) in [7, 11) is 0. The number of nitroso groups, excluding NO2 is 2. The second kappa shape index (κ2) is 3.71. The number of hydrazine groups is 2. The van der Waals surface area contributed by atoms with E-state index >= 15 is 0 Å². The summed E-state index contributed by atoms with van der Waals surface area (Å²) in [6.45, 7) is -0.384. The first kappa shape index (κ1) is 9.25. The Morgan fingerprint density at radius 2 is 1.77 bits per heavy atom. The van der Waals surface area contributed by atoms with Crippen molar-refractivity contribution in [3.8, 4) is 0 Å². The summed E-state index contributed by atoms with van der Waals surface area (Å²) < 4.78 is 0. The molecule has 10 nitrogen and oxygen atoms in total. The molecule has 0 unspecified atom stereocenters. The molecule has 10 heteroatoms. The molecule has 1 aliphatic rings. The van der Waals surface area contributed by atoms with E-state index < -0.39 is 11.0 Å². The molecule has 1 aliphatic heterocycles. The highest BCUT2D eigenvalue weighted by Gasteiger charge is 2.33. The summed E-state index contributed by atoms with van der Waals surface area (Å²) >= 11 is 0. The van der Waals surface area contributed by atoms with E-state index in [0.29, 0.717) is 10.2 Å². The van der Waals surface area contributed by atoms with E-state index in [2.05, 4.69) is 16.1 Å². The van der Waals surface area contributed by atoms with Gasteiger partial charge in [-0.15, -0.1) is 15.3 Å². The molecule has 1 rings (SSSR count). The van der Waals surface area contributed by atoms with Crippen molar-refractivity contribution in [2.24, 2.45) is 10.6 Å². The van der Waals surface area contributed by atoms with Crippen molar-refractivity contribution in [2.75, 3.05) is 13.1 Å². The second-order valence-corrected chi connectivity index (χ2v) is 2.37. The largest absolute Gasteiger partial charge is 0.264 e. The van der Waals surface area contributed by atoms with E-state index in [-0.39, 0.29) is 13.1 Å². The van der Waals surface area contributed by atoms with Gasteiger partial charge in [-0.05, 0) is 0 Å². The van der Waals surface area contributed by atoms with E-state index in [1.54, 1.807) is 0 Å². The van der Waals surface area contributed by atoms with Crippen LogP contribution < -0.4 is 5.53 Å².